The minimum atomic E-state index is -0.919. The number of ether oxygens (including phenoxy) is 2. The molecule has 0 heterocycles. The molecule has 1 rings (SSSR count). The summed E-state index contributed by atoms with van der Waals surface area (Å²) in [5, 5.41) is 11.6. The van der Waals surface area contributed by atoms with Crippen LogP contribution in [0.15, 0.2) is 24.3 Å². The van der Waals surface area contributed by atoms with E-state index >= 15 is 0 Å². The molecular formula is C17H26N2O5. The molecule has 134 valence electrons. The van der Waals surface area contributed by atoms with Gasteiger partial charge in [0.2, 0.25) is 0 Å². The number of urea groups is 1. The van der Waals surface area contributed by atoms with Crippen molar-refractivity contribution in [2.75, 3.05) is 33.9 Å². The number of benzene rings is 1. The van der Waals surface area contributed by atoms with Crippen molar-refractivity contribution in [1.82, 2.24) is 10.2 Å². The van der Waals surface area contributed by atoms with E-state index in [4.69, 9.17) is 14.6 Å². The number of aliphatic carboxylic acids is 1. The molecule has 0 aromatic heterocycles. The average molecular weight is 338 g/mol. The summed E-state index contributed by atoms with van der Waals surface area (Å²) in [5.41, 5.74) is 2.01. The fraction of sp³-hybridized carbons (Fsp3) is 0.529. The molecule has 7 heteroatoms. The summed E-state index contributed by atoms with van der Waals surface area (Å²) in [5.74, 6) is -1.52. The molecule has 1 unspecified atom stereocenters. The third-order valence-electron chi connectivity index (χ3n) is 3.48. The molecule has 0 aliphatic heterocycles. The van der Waals surface area contributed by atoms with Crippen molar-refractivity contribution in [3.63, 3.8) is 0 Å². The van der Waals surface area contributed by atoms with E-state index in [0.717, 1.165) is 11.1 Å². The number of amides is 2. The molecule has 1 aromatic rings. The van der Waals surface area contributed by atoms with E-state index in [1.54, 1.807) is 21.1 Å². The second-order valence-electron chi connectivity index (χ2n) is 5.64. The summed E-state index contributed by atoms with van der Waals surface area (Å²) >= 11 is 0. The number of methoxy groups -OCH3 is 1. The zero-order valence-electron chi connectivity index (χ0n) is 14.4. The number of hydrogen-bond donors (Lipinski definition) is 2. The van der Waals surface area contributed by atoms with Gasteiger partial charge in [-0.3, -0.25) is 4.79 Å². The zero-order chi connectivity index (χ0) is 17.9. The van der Waals surface area contributed by atoms with Crippen LogP contribution in [0, 0.1) is 5.92 Å². The summed E-state index contributed by atoms with van der Waals surface area (Å²) < 4.78 is 10.3. The number of rotatable bonds is 10. The van der Waals surface area contributed by atoms with Crippen molar-refractivity contribution < 1.29 is 24.2 Å². The van der Waals surface area contributed by atoms with E-state index in [9.17, 15) is 9.59 Å². The largest absolute Gasteiger partial charge is 0.481 e. The van der Waals surface area contributed by atoms with E-state index in [-0.39, 0.29) is 12.6 Å². The highest BCUT2D eigenvalue weighted by atomic mass is 16.5. The number of carboxylic acids is 1. The van der Waals surface area contributed by atoms with Crippen LogP contribution in [0.25, 0.3) is 0 Å². The topological polar surface area (TPSA) is 88.1 Å². The highest BCUT2D eigenvalue weighted by molar-refractivity contribution is 5.75. The van der Waals surface area contributed by atoms with Crippen LogP contribution >= 0.6 is 0 Å². The van der Waals surface area contributed by atoms with Crippen LogP contribution in [0.5, 0.6) is 0 Å². The lowest BCUT2D eigenvalue weighted by molar-refractivity contribution is -0.141. The Morgan fingerprint density at radius 3 is 2.42 bits per heavy atom. The molecule has 2 amide bonds. The van der Waals surface area contributed by atoms with E-state index in [2.05, 4.69) is 5.32 Å². The molecule has 1 aromatic carbocycles. The van der Waals surface area contributed by atoms with Crippen molar-refractivity contribution in [3.8, 4) is 0 Å². The first-order chi connectivity index (χ1) is 11.4. The number of nitrogens with zero attached hydrogens (tertiary/aromatic N) is 1. The number of nitrogens with one attached hydrogen (secondary N) is 1. The van der Waals surface area contributed by atoms with E-state index in [1.807, 2.05) is 24.3 Å². The minimum Gasteiger partial charge on any atom is -0.481 e. The predicted octanol–water partition coefficient (Wildman–Crippen LogP) is 1.71. The Bertz CT molecular complexity index is 518. The van der Waals surface area contributed by atoms with Crippen molar-refractivity contribution in [3.05, 3.63) is 35.4 Å². The minimum absolute atomic E-state index is 0.166. The van der Waals surface area contributed by atoms with E-state index in [1.165, 1.54) is 4.90 Å². The van der Waals surface area contributed by atoms with Crippen molar-refractivity contribution >= 4 is 12.0 Å². The molecule has 7 nitrogen and oxygen atoms in total. The second-order valence-corrected chi connectivity index (χ2v) is 5.64. The maximum absolute atomic E-state index is 11.9. The summed E-state index contributed by atoms with van der Waals surface area (Å²) in [6.07, 6.45) is 0. The molecule has 0 radical (unpaired) electrons. The van der Waals surface area contributed by atoms with E-state index in [0.29, 0.717) is 26.4 Å². The third-order valence-corrected chi connectivity index (χ3v) is 3.48. The lowest BCUT2D eigenvalue weighted by Crippen LogP contribution is -2.40. The summed E-state index contributed by atoms with van der Waals surface area (Å²) in [7, 11) is 3.21. The maximum Gasteiger partial charge on any atom is 0.317 e. The summed E-state index contributed by atoms with van der Waals surface area (Å²) in [6.45, 7) is 3.76. The third kappa shape index (κ3) is 7.43. The highest BCUT2D eigenvalue weighted by Crippen LogP contribution is 2.06. The van der Waals surface area contributed by atoms with Gasteiger partial charge in [0.15, 0.2) is 0 Å². The van der Waals surface area contributed by atoms with Crippen LogP contribution in [0.2, 0.25) is 0 Å². The van der Waals surface area contributed by atoms with Crippen LogP contribution in [0.4, 0.5) is 4.79 Å². The number of carbonyl (C=O) groups is 2. The van der Waals surface area contributed by atoms with Crippen LogP contribution in [0.1, 0.15) is 18.1 Å². The van der Waals surface area contributed by atoms with Crippen LogP contribution in [0.3, 0.4) is 0 Å². The Morgan fingerprint density at radius 2 is 1.83 bits per heavy atom. The van der Waals surface area contributed by atoms with Crippen LogP contribution in [-0.4, -0.2) is 55.9 Å². The van der Waals surface area contributed by atoms with Gasteiger partial charge in [-0.25, -0.2) is 4.79 Å². The van der Waals surface area contributed by atoms with E-state index < -0.39 is 11.9 Å². The van der Waals surface area contributed by atoms with Gasteiger partial charge in [-0.2, -0.15) is 0 Å². The van der Waals surface area contributed by atoms with Crippen LogP contribution in [-0.2, 0) is 27.4 Å². The van der Waals surface area contributed by atoms with Gasteiger partial charge in [0.1, 0.15) is 0 Å². The zero-order valence-corrected chi connectivity index (χ0v) is 14.4. The lowest BCUT2D eigenvalue weighted by Gasteiger charge is -2.20. The smallest absolute Gasteiger partial charge is 0.317 e. The number of carbonyl (C=O) groups excluding carboxylic acids is 1. The Kier molecular flexibility index (Phi) is 8.81. The van der Waals surface area contributed by atoms with Gasteiger partial charge in [0.05, 0.1) is 25.7 Å². The highest BCUT2D eigenvalue weighted by Gasteiger charge is 2.16. The van der Waals surface area contributed by atoms with Gasteiger partial charge in [-0.1, -0.05) is 31.2 Å². The fourth-order valence-corrected chi connectivity index (χ4v) is 1.97. The molecule has 1 atom stereocenters. The first-order valence-electron chi connectivity index (χ1n) is 7.80. The Labute approximate surface area is 142 Å². The molecule has 0 saturated carbocycles. The summed E-state index contributed by atoms with van der Waals surface area (Å²) in [4.78, 5) is 24.1. The van der Waals surface area contributed by atoms with Crippen molar-refractivity contribution in [2.24, 2.45) is 5.92 Å². The Hall–Kier alpha value is -2.12. The average Bonchev–Trinajstić information content (AvgIpc) is 2.57. The molecule has 24 heavy (non-hydrogen) atoms. The van der Waals surface area contributed by atoms with Gasteiger partial charge in [0.25, 0.3) is 0 Å². The first-order valence-corrected chi connectivity index (χ1v) is 7.80. The molecular weight excluding hydrogens is 312 g/mol. The molecule has 0 saturated heterocycles. The quantitative estimate of drug-likeness (QED) is 0.634. The van der Waals surface area contributed by atoms with Crippen molar-refractivity contribution in [1.29, 1.82) is 0 Å². The lowest BCUT2D eigenvalue weighted by atomic mass is 10.1. The molecule has 0 aliphatic rings. The van der Waals surface area contributed by atoms with Gasteiger partial charge in [-0.15, -0.1) is 0 Å². The molecule has 0 spiro atoms. The second kappa shape index (κ2) is 10.6. The van der Waals surface area contributed by atoms with Gasteiger partial charge in [0, 0.05) is 27.2 Å². The maximum atomic E-state index is 11.9. The first kappa shape index (κ1) is 19.9. The fourth-order valence-electron chi connectivity index (χ4n) is 1.97. The van der Waals surface area contributed by atoms with Gasteiger partial charge < -0.3 is 24.8 Å². The van der Waals surface area contributed by atoms with Crippen molar-refractivity contribution in [2.45, 2.75) is 20.1 Å². The molecule has 0 aliphatic carbocycles. The molecule has 0 fully saturated rings. The number of hydrogen-bond acceptors (Lipinski definition) is 4. The Morgan fingerprint density at radius 1 is 1.21 bits per heavy atom. The monoisotopic (exact) mass is 338 g/mol. The standard InChI is InChI=1S/C17H26N2O5/c1-13(16(20)21)11-19(2)17(22)18-10-14-4-6-15(7-5-14)12-24-9-8-23-3/h4-7,13H,8-12H2,1-3H3,(H,18,22)(H,20,21). The predicted molar refractivity (Wildman–Crippen MR) is 89.6 cm³/mol. The molecule has 0 bridgehead atoms. The Balaban J connectivity index is 2.36. The number of carboxylic acid groups (broad SMARTS) is 1. The molecule has 2 N–H and O–H groups in total. The van der Waals surface area contributed by atoms with Crippen LogP contribution < -0.4 is 5.32 Å². The summed E-state index contributed by atoms with van der Waals surface area (Å²) in [6, 6.07) is 7.45. The normalized spacial score (nSPS) is 11.8. The SMILES string of the molecule is COCCOCc1ccc(CNC(=O)N(C)CC(C)C(=O)O)cc1. The van der Waals surface area contributed by atoms with Gasteiger partial charge >= 0.3 is 12.0 Å². The van der Waals surface area contributed by atoms with Gasteiger partial charge in [-0.05, 0) is 11.1 Å².